The van der Waals surface area contributed by atoms with Gasteiger partial charge in [0, 0.05) is 28.2 Å². The standard InChI is InChI=1S/C12H12BrN3O2/c13-9-5-7(1-2-10(9)14)12-15-11(16-18-12)8-3-4-17-6-8/h1-2,5,8H,3-4,6,14H2. The van der Waals surface area contributed by atoms with Crippen molar-refractivity contribution in [2.24, 2.45) is 0 Å². The van der Waals surface area contributed by atoms with Crippen LogP contribution in [-0.2, 0) is 4.74 Å². The number of nitrogen functional groups attached to an aromatic ring is 1. The Kier molecular flexibility index (Phi) is 3.05. The van der Waals surface area contributed by atoms with E-state index in [1.807, 2.05) is 18.2 Å². The summed E-state index contributed by atoms with van der Waals surface area (Å²) in [6, 6.07) is 5.54. The predicted molar refractivity (Wildman–Crippen MR) is 70.0 cm³/mol. The molecule has 0 saturated carbocycles. The summed E-state index contributed by atoms with van der Waals surface area (Å²) in [7, 11) is 0. The highest BCUT2D eigenvalue weighted by Crippen LogP contribution is 2.28. The van der Waals surface area contributed by atoms with Gasteiger partial charge >= 0.3 is 0 Å². The number of halogens is 1. The molecule has 6 heteroatoms. The second-order valence-corrected chi connectivity index (χ2v) is 5.11. The van der Waals surface area contributed by atoms with Gasteiger partial charge in [-0.1, -0.05) is 5.16 Å². The number of benzene rings is 1. The van der Waals surface area contributed by atoms with Crippen molar-refractivity contribution >= 4 is 21.6 Å². The Bertz CT molecular complexity index is 564. The van der Waals surface area contributed by atoms with Crippen LogP contribution in [0.4, 0.5) is 5.69 Å². The average molecular weight is 310 g/mol. The molecule has 2 N–H and O–H groups in total. The summed E-state index contributed by atoms with van der Waals surface area (Å²) < 4.78 is 11.4. The minimum absolute atomic E-state index is 0.250. The Labute approximate surface area is 112 Å². The summed E-state index contributed by atoms with van der Waals surface area (Å²) in [6.07, 6.45) is 0.949. The number of nitrogens with zero attached hydrogens (tertiary/aromatic N) is 2. The third kappa shape index (κ3) is 2.13. The Morgan fingerprint density at radius 2 is 2.28 bits per heavy atom. The quantitative estimate of drug-likeness (QED) is 0.863. The lowest BCUT2D eigenvalue weighted by molar-refractivity contribution is 0.192. The first-order valence-corrected chi connectivity index (χ1v) is 6.50. The number of nitrogens with two attached hydrogens (primary N) is 1. The first kappa shape index (κ1) is 11.7. The van der Waals surface area contributed by atoms with E-state index in [1.54, 1.807) is 0 Å². The van der Waals surface area contributed by atoms with Crippen molar-refractivity contribution in [1.82, 2.24) is 10.1 Å². The first-order chi connectivity index (χ1) is 8.74. The largest absolute Gasteiger partial charge is 0.398 e. The molecular weight excluding hydrogens is 298 g/mol. The molecule has 2 heterocycles. The van der Waals surface area contributed by atoms with Crippen LogP contribution in [0.3, 0.4) is 0 Å². The van der Waals surface area contributed by atoms with Crippen molar-refractivity contribution in [3.8, 4) is 11.5 Å². The molecule has 0 aliphatic carbocycles. The van der Waals surface area contributed by atoms with Crippen LogP contribution in [-0.4, -0.2) is 23.4 Å². The van der Waals surface area contributed by atoms with Crippen molar-refractivity contribution in [1.29, 1.82) is 0 Å². The van der Waals surface area contributed by atoms with Crippen molar-refractivity contribution < 1.29 is 9.26 Å². The highest BCUT2D eigenvalue weighted by Gasteiger charge is 2.23. The number of anilines is 1. The van der Waals surface area contributed by atoms with E-state index in [9.17, 15) is 0 Å². The van der Waals surface area contributed by atoms with E-state index < -0.39 is 0 Å². The predicted octanol–water partition coefficient (Wildman–Crippen LogP) is 2.59. The van der Waals surface area contributed by atoms with Gasteiger partial charge in [0.2, 0.25) is 0 Å². The fraction of sp³-hybridized carbons (Fsp3) is 0.333. The van der Waals surface area contributed by atoms with Gasteiger partial charge in [0.15, 0.2) is 5.82 Å². The Morgan fingerprint density at radius 3 is 3.00 bits per heavy atom. The molecule has 0 amide bonds. The number of rotatable bonds is 2. The maximum atomic E-state index is 5.74. The SMILES string of the molecule is Nc1ccc(-c2nc(C3CCOC3)no2)cc1Br. The molecule has 2 aromatic rings. The molecule has 0 bridgehead atoms. The summed E-state index contributed by atoms with van der Waals surface area (Å²) in [5, 5.41) is 4.01. The molecule has 1 aliphatic rings. The summed E-state index contributed by atoms with van der Waals surface area (Å²) in [4.78, 5) is 4.41. The number of hydrogen-bond acceptors (Lipinski definition) is 5. The third-order valence-electron chi connectivity index (χ3n) is 2.98. The monoisotopic (exact) mass is 309 g/mol. The molecule has 1 aliphatic heterocycles. The molecule has 0 radical (unpaired) electrons. The van der Waals surface area contributed by atoms with Crippen LogP contribution in [0, 0.1) is 0 Å². The zero-order valence-electron chi connectivity index (χ0n) is 9.60. The van der Waals surface area contributed by atoms with Crippen LogP contribution in [0.5, 0.6) is 0 Å². The van der Waals surface area contributed by atoms with E-state index in [0.29, 0.717) is 18.2 Å². The lowest BCUT2D eigenvalue weighted by Crippen LogP contribution is -1.99. The first-order valence-electron chi connectivity index (χ1n) is 5.71. The lowest BCUT2D eigenvalue weighted by Gasteiger charge is -1.99. The molecular formula is C12H12BrN3O2. The van der Waals surface area contributed by atoms with Gasteiger partial charge in [0.05, 0.1) is 6.61 Å². The molecule has 3 rings (SSSR count). The number of aromatic nitrogens is 2. The van der Waals surface area contributed by atoms with E-state index in [-0.39, 0.29) is 5.92 Å². The van der Waals surface area contributed by atoms with E-state index in [0.717, 1.165) is 28.9 Å². The number of hydrogen-bond donors (Lipinski definition) is 1. The molecule has 1 aromatic heterocycles. The molecule has 1 saturated heterocycles. The van der Waals surface area contributed by atoms with Crippen molar-refractivity contribution in [3.63, 3.8) is 0 Å². The average Bonchev–Trinajstić information content (AvgIpc) is 3.01. The molecule has 0 spiro atoms. The van der Waals surface area contributed by atoms with Crippen LogP contribution >= 0.6 is 15.9 Å². The summed E-state index contributed by atoms with van der Waals surface area (Å²) in [6.45, 7) is 1.44. The smallest absolute Gasteiger partial charge is 0.257 e. The fourth-order valence-electron chi connectivity index (χ4n) is 1.92. The van der Waals surface area contributed by atoms with Gasteiger partial charge in [0.25, 0.3) is 5.89 Å². The Balaban J connectivity index is 1.89. The van der Waals surface area contributed by atoms with E-state index >= 15 is 0 Å². The summed E-state index contributed by atoms with van der Waals surface area (Å²) in [5.74, 6) is 1.48. The topological polar surface area (TPSA) is 74.2 Å². The van der Waals surface area contributed by atoms with Crippen LogP contribution < -0.4 is 5.73 Å². The van der Waals surface area contributed by atoms with E-state index in [2.05, 4.69) is 26.1 Å². The van der Waals surface area contributed by atoms with Gasteiger partial charge in [-0.05, 0) is 40.5 Å². The van der Waals surface area contributed by atoms with Gasteiger partial charge in [-0.3, -0.25) is 0 Å². The maximum Gasteiger partial charge on any atom is 0.257 e. The van der Waals surface area contributed by atoms with Crippen LogP contribution in [0.2, 0.25) is 0 Å². The van der Waals surface area contributed by atoms with Crippen molar-refractivity contribution in [2.75, 3.05) is 18.9 Å². The summed E-state index contributed by atoms with van der Waals surface area (Å²) >= 11 is 3.38. The third-order valence-corrected chi connectivity index (χ3v) is 3.67. The van der Waals surface area contributed by atoms with Crippen LogP contribution in [0.1, 0.15) is 18.2 Å². The molecule has 18 heavy (non-hydrogen) atoms. The Hall–Kier alpha value is -1.40. The van der Waals surface area contributed by atoms with E-state index in [4.69, 9.17) is 15.0 Å². The van der Waals surface area contributed by atoms with Gasteiger partial charge in [-0.15, -0.1) is 0 Å². The summed E-state index contributed by atoms with van der Waals surface area (Å²) in [5.41, 5.74) is 7.28. The zero-order valence-corrected chi connectivity index (χ0v) is 11.2. The van der Waals surface area contributed by atoms with E-state index in [1.165, 1.54) is 0 Å². The fourth-order valence-corrected chi connectivity index (χ4v) is 2.30. The highest BCUT2D eigenvalue weighted by molar-refractivity contribution is 9.10. The molecule has 94 valence electrons. The van der Waals surface area contributed by atoms with Crippen molar-refractivity contribution in [3.05, 3.63) is 28.5 Å². The molecule has 1 atom stereocenters. The molecule has 1 unspecified atom stereocenters. The normalized spacial score (nSPS) is 19.3. The van der Waals surface area contributed by atoms with Crippen LogP contribution in [0.15, 0.2) is 27.2 Å². The minimum Gasteiger partial charge on any atom is -0.398 e. The van der Waals surface area contributed by atoms with Crippen molar-refractivity contribution in [2.45, 2.75) is 12.3 Å². The maximum absolute atomic E-state index is 5.74. The Morgan fingerprint density at radius 1 is 1.39 bits per heavy atom. The van der Waals surface area contributed by atoms with Crippen LogP contribution in [0.25, 0.3) is 11.5 Å². The van der Waals surface area contributed by atoms with Gasteiger partial charge in [-0.2, -0.15) is 4.98 Å². The lowest BCUT2D eigenvalue weighted by atomic mass is 10.1. The second-order valence-electron chi connectivity index (χ2n) is 4.25. The number of ether oxygens (including phenoxy) is 1. The minimum atomic E-state index is 0.250. The van der Waals surface area contributed by atoms with Gasteiger partial charge in [0.1, 0.15) is 0 Å². The molecule has 1 fully saturated rings. The van der Waals surface area contributed by atoms with Gasteiger partial charge in [-0.25, -0.2) is 0 Å². The molecule has 5 nitrogen and oxygen atoms in total. The molecule has 1 aromatic carbocycles. The van der Waals surface area contributed by atoms with Gasteiger partial charge < -0.3 is 15.0 Å². The highest BCUT2D eigenvalue weighted by atomic mass is 79.9. The second kappa shape index (κ2) is 4.70. The zero-order chi connectivity index (χ0) is 12.5.